The average molecular weight is 295 g/mol. The Balaban J connectivity index is 1.90. The number of carbonyl (C=O) groups is 1. The van der Waals surface area contributed by atoms with Crippen LogP contribution in [-0.2, 0) is 6.42 Å². The van der Waals surface area contributed by atoms with Gasteiger partial charge in [0.2, 0.25) is 0 Å². The Hall–Kier alpha value is -3.02. The van der Waals surface area contributed by atoms with Crippen molar-refractivity contribution in [2.45, 2.75) is 6.42 Å². The van der Waals surface area contributed by atoms with Gasteiger partial charge in [-0.2, -0.15) is 0 Å². The molecule has 2 heterocycles. The maximum Gasteiger partial charge on any atom is 0.270 e. The Bertz CT molecular complexity index is 885. The van der Waals surface area contributed by atoms with Gasteiger partial charge in [0.05, 0.1) is 30.8 Å². The molecule has 6 heteroatoms. The Kier molecular flexibility index (Phi) is 3.65. The molecule has 3 rings (SSSR count). The molecule has 0 aliphatic rings. The van der Waals surface area contributed by atoms with Crippen LogP contribution >= 0.6 is 0 Å². The van der Waals surface area contributed by atoms with Crippen molar-refractivity contribution in [1.29, 1.82) is 0 Å². The van der Waals surface area contributed by atoms with Gasteiger partial charge in [-0.05, 0) is 30.3 Å². The van der Waals surface area contributed by atoms with Crippen LogP contribution in [-0.4, -0.2) is 27.8 Å². The van der Waals surface area contributed by atoms with Crippen molar-refractivity contribution in [3.8, 4) is 5.75 Å². The van der Waals surface area contributed by atoms with E-state index in [1.165, 1.54) is 6.20 Å². The molecule has 0 amide bonds. The van der Waals surface area contributed by atoms with Crippen LogP contribution in [0.2, 0.25) is 0 Å². The standard InChI is InChI=1S/C16H13N3O3/c1-22-11-4-2-10(3-5-11)15(20)8-13-16(21)19-14-9-17-7-6-12(14)18-13/h2-7,9H,8H2,1H3,(H,19,21). The number of H-pyrrole nitrogens is 1. The highest BCUT2D eigenvalue weighted by Crippen LogP contribution is 2.13. The van der Waals surface area contributed by atoms with Gasteiger partial charge >= 0.3 is 0 Å². The number of ketones is 1. The van der Waals surface area contributed by atoms with Crippen molar-refractivity contribution < 1.29 is 9.53 Å². The predicted molar refractivity (Wildman–Crippen MR) is 81.2 cm³/mol. The number of pyridine rings is 1. The summed E-state index contributed by atoms with van der Waals surface area (Å²) < 4.78 is 5.05. The van der Waals surface area contributed by atoms with Crippen LogP contribution in [0.15, 0.2) is 47.5 Å². The van der Waals surface area contributed by atoms with Crippen molar-refractivity contribution in [1.82, 2.24) is 15.0 Å². The van der Waals surface area contributed by atoms with Crippen LogP contribution in [0.5, 0.6) is 5.75 Å². The van der Waals surface area contributed by atoms with Crippen molar-refractivity contribution in [3.63, 3.8) is 0 Å². The van der Waals surface area contributed by atoms with E-state index in [4.69, 9.17) is 4.74 Å². The van der Waals surface area contributed by atoms with Gasteiger partial charge in [0.15, 0.2) is 5.78 Å². The number of hydrogen-bond acceptors (Lipinski definition) is 5. The molecule has 3 aromatic rings. The van der Waals surface area contributed by atoms with Crippen molar-refractivity contribution in [2.24, 2.45) is 0 Å². The largest absolute Gasteiger partial charge is 0.497 e. The summed E-state index contributed by atoms with van der Waals surface area (Å²) >= 11 is 0. The number of carbonyl (C=O) groups excluding carboxylic acids is 1. The first kappa shape index (κ1) is 13.9. The minimum absolute atomic E-state index is 0.0556. The molecule has 0 saturated heterocycles. The molecule has 1 N–H and O–H groups in total. The van der Waals surface area contributed by atoms with Gasteiger partial charge in [-0.25, -0.2) is 4.98 Å². The van der Waals surface area contributed by atoms with Crippen LogP contribution in [0.4, 0.5) is 0 Å². The van der Waals surface area contributed by atoms with Crippen molar-refractivity contribution in [2.75, 3.05) is 7.11 Å². The lowest BCUT2D eigenvalue weighted by Crippen LogP contribution is -2.19. The summed E-state index contributed by atoms with van der Waals surface area (Å²) in [6.07, 6.45) is 3.06. The monoisotopic (exact) mass is 295 g/mol. The van der Waals surface area contributed by atoms with Crippen LogP contribution in [0, 0.1) is 0 Å². The zero-order valence-electron chi connectivity index (χ0n) is 11.9. The Labute approximate surface area is 125 Å². The molecule has 22 heavy (non-hydrogen) atoms. The van der Waals surface area contributed by atoms with E-state index in [0.717, 1.165) is 0 Å². The third-order valence-corrected chi connectivity index (χ3v) is 3.30. The molecular formula is C16H13N3O3. The molecule has 0 fully saturated rings. The van der Waals surface area contributed by atoms with Gasteiger partial charge in [-0.3, -0.25) is 14.6 Å². The number of rotatable bonds is 4. The van der Waals surface area contributed by atoms with E-state index >= 15 is 0 Å². The van der Waals surface area contributed by atoms with E-state index < -0.39 is 0 Å². The van der Waals surface area contributed by atoms with E-state index in [1.807, 2.05) is 0 Å². The van der Waals surface area contributed by atoms with E-state index in [0.29, 0.717) is 22.3 Å². The number of aromatic nitrogens is 3. The van der Waals surface area contributed by atoms with Gasteiger partial charge in [-0.15, -0.1) is 0 Å². The second kappa shape index (κ2) is 5.77. The Morgan fingerprint density at radius 3 is 2.73 bits per heavy atom. The fraction of sp³-hybridized carbons (Fsp3) is 0.125. The number of methoxy groups -OCH3 is 1. The first-order valence-electron chi connectivity index (χ1n) is 6.67. The predicted octanol–water partition coefficient (Wildman–Crippen LogP) is 1.75. The lowest BCUT2D eigenvalue weighted by molar-refractivity contribution is 0.0991. The molecule has 0 unspecified atom stereocenters. The SMILES string of the molecule is COc1ccc(C(=O)Cc2nc3ccncc3[nH]c2=O)cc1. The number of Topliss-reactive ketones (excluding diaryl/α,β-unsaturated/α-hetero) is 1. The minimum Gasteiger partial charge on any atom is -0.497 e. The Morgan fingerprint density at radius 2 is 2.00 bits per heavy atom. The topological polar surface area (TPSA) is 84.9 Å². The number of nitrogens with zero attached hydrogens (tertiary/aromatic N) is 2. The summed E-state index contributed by atoms with van der Waals surface area (Å²) in [5.41, 5.74) is 1.49. The maximum absolute atomic E-state index is 12.3. The van der Waals surface area contributed by atoms with Crippen molar-refractivity contribution in [3.05, 3.63) is 64.3 Å². The van der Waals surface area contributed by atoms with Crippen LogP contribution in [0.25, 0.3) is 11.0 Å². The van der Waals surface area contributed by atoms with Gasteiger partial charge in [-0.1, -0.05) is 0 Å². The molecule has 0 bridgehead atoms. The van der Waals surface area contributed by atoms with Crippen LogP contribution < -0.4 is 10.3 Å². The lowest BCUT2D eigenvalue weighted by Gasteiger charge is -2.04. The number of benzene rings is 1. The highest BCUT2D eigenvalue weighted by Gasteiger charge is 2.12. The summed E-state index contributed by atoms with van der Waals surface area (Å²) in [6.45, 7) is 0. The lowest BCUT2D eigenvalue weighted by atomic mass is 10.1. The molecule has 0 saturated carbocycles. The minimum atomic E-state index is -0.373. The average Bonchev–Trinajstić information content (AvgIpc) is 2.55. The fourth-order valence-electron chi connectivity index (χ4n) is 2.12. The molecule has 0 atom stereocenters. The maximum atomic E-state index is 12.3. The number of nitrogens with one attached hydrogen (secondary N) is 1. The van der Waals surface area contributed by atoms with Crippen LogP contribution in [0.1, 0.15) is 16.1 Å². The molecule has 2 aromatic heterocycles. The summed E-state index contributed by atoms with van der Waals surface area (Å²) in [5.74, 6) is 0.500. The molecule has 6 nitrogen and oxygen atoms in total. The molecule has 0 radical (unpaired) electrons. The number of aromatic amines is 1. The number of hydrogen-bond donors (Lipinski definition) is 1. The summed E-state index contributed by atoms with van der Waals surface area (Å²) in [7, 11) is 1.56. The Morgan fingerprint density at radius 1 is 1.23 bits per heavy atom. The van der Waals surface area contributed by atoms with Gasteiger partial charge in [0.1, 0.15) is 11.4 Å². The summed E-state index contributed by atoms with van der Waals surface area (Å²) in [6, 6.07) is 8.43. The van der Waals surface area contributed by atoms with E-state index in [1.54, 1.807) is 43.6 Å². The second-order valence-electron chi connectivity index (χ2n) is 4.73. The van der Waals surface area contributed by atoms with E-state index in [9.17, 15) is 9.59 Å². The molecule has 110 valence electrons. The third kappa shape index (κ3) is 2.71. The molecule has 0 aliphatic heterocycles. The van der Waals surface area contributed by atoms with E-state index in [2.05, 4.69) is 15.0 Å². The van der Waals surface area contributed by atoms with E-state index in [-0.39, 0.29) is 23.5 Å². The molecular weight excluding hydrogens is 282 g/mol. The smallest absolute Gasteiger partial charge is 0.270 e. The number of fused-ring (bicyclic) bond motifs is 1. The molecule has 1 aromatic carbocycles. The fourth-order valence-corrected chi connectivity index (χ4v) is 2.12. The number of ether oxygens (including phenoxy) is 1. The highest BCUT2D eigenvalue weighted by atomic mass is 16.5. The van der Waals surface area contributed by atoms with Crippen LogP contribution in [0.3, 0.4) is 0 Å². The summed E-state index contributed by atoms with van der Waals surface area (Å²) in [5, 5.41) is 0. The summed E-state index contributed by atoms with van der Waals surface area (Å²) in [4.78, 5) is 35.1. The van der Waals surface area contributed by atoms with Gasteiger partial charge < -0.3 is 9.72 Å². The zero-order chi connectivity index (χ0) is 15.5. The third-order valence-electron chi connectivity index (χ3n) is 3.30. The van der Waals surface area contributed by atoms with Gasteiger partial charge in [0, 0.05) is 11.8 Å². The molecule has 0 spiro atoms. The molecule has 0 aliphatic carbocycles. The normalized spacial score (nSPS) is 10.6. The zero-order valence-corrected chi connectivity index (χ0v) is 11.9. The van der Waals surface area contributed by atoms with Crippen molar-refractivity contribution >= 4 is 16.8 Å². The highest BCUT2D eigenvalue weighted by molar-refractivity contribution is 5.97. The quantitative estimate of drug-likeness (QED) is 0.741. The first-order chi connectivity index (χ1) is 10.7. The van der Waals surface area contributed by atoms with Gasteiger partial charge in [0.25, 0.3) is 5.56 Å². The first-order valence-corrected chi connectivity index (χ1v) is 6.67. The second-order valence-corrected chi connectivity index (χ2v) is 4.73.